The van der Waals surface area contributed by atoms with Gasteiger partial charge in [-0.15, -0.1) is 4.40 Å². The second kappa shape index (κ2) is 4.51. The summed E-state index contributed by atoms with van der Waals surface area (Å²) in [7, 11) is -3.83. The Kier molecular flexibility index (Phi) is 3.33. The molecule has 1 aromatic rings. The van der Waals surface area contributed by atoms with Crippen LogP contribution in [0.5, 0.6) is 0 Å². The van der Waals surface area contributed by atoms with Crippen LogP contribution in [0.25, 0.3) is 0 Å². The van der Waals surface area contributed by atoms with Crippen molar-refractivity contribution in [2.75, 3.05) is 11.6 Å². The van der Waals surface area contributed by atoms with Crippen LogP contribution in [0.4, 0.5) is 5.69 Å². The van der Waals surface area contributed by atoms with Crippen LogP contribution < -0.4 is 10.9 Å². The first-order valence-electron chi connectivity index (χ1n) is 5.17. The molecule has 0 unspecified atom stereocenters. The van der Waals surface area contributed by atoms with E-state index in [0.29, 0.717) is 10.7 Å². The Morgan fingerprint density at radius 1 is 1.56 bits per heavy atom. The van der Waals surface area contributed by atoms with Gasteiger partial charge >= 0.3 is 0 Å². The highest BCUT2D eigenvalue weighted by atomic mass is 35.5. The lowest BCUT2D eigenvalue weighted by atomic mass is 10.1. The molecule has 3 N–H and O–H groups in total. The Labute approximate surface area is 110 Å². The Hall–Kier alpha value is -1.15. The average molecular weight is 290 g/mol. The number of aliphatic hydroxyl groups excluding tert-OH is 1. The van der Waals surface area contributed by atoms with Gasteiger partial charge in [-0.25, -0.2) is 5.84 Å². The summed E-state index contributed by atoms with van der Waals surface area (Å²) in [4.78, 5) is -0.0358. The van der Waals surface area contributed by atoms with Crippen molar-refractivity contribution in [2.45, 2.75) is 11.8 Å². The molecule has 1 aromatic carbocycles. The molecular formula is C10H12ClN3O3S. The highest BCUT2D eigenvalue weighted by molar-refractivity contribution is 7.90. The van der Waals surface area contributed by atoms with Crippen LogP contribution in [0.15, 0.2) is 27.5 Å². The van der Waals surface area contributed by atoms with Gasteiger partial charge in [0.15, 0.2) is 0 Å². The monoisotopic (exact) mass is 289 g/mol. The molecule has 2 rings (SSSR count). The van der Waals surface area contributed by atoms with E-state index in [2.05, 4.69) is 4.40 Å². The fraction of sp³-hybridized carbons (Fsp3) is 0.300. The highest BCUT2D eigenvalue weighted by Gasteiger charge is 2.31. The minimum atomic E-state index is -3.83. The fourth-order valence-electron chi connectivity index (χ4n) is 1.64. The summed E-state index contributed by atoms with van der Waals surface area (Å²) >= 11 is 5.77. The number of hydrogen-bond donors (Lipinski definition) is 2. The molecule has 0 spiro atoms. The summed E-state index contributed by atoms with van der Waals surface area (Å²) in [5.74, 6) is 5.45. The first-order valence-corrected chi connectivity index (χ1v) is 6.98. The van der Waals surface area contributed by atoms with E-state index in [4.69, 9.17) is 22.6 Å². The topological polar surface area (TPSA) is 96.0 Å². The van der Waals surface area contributed by atoms with Gasteiger partial charge in [-0.1, -0.05) is 18.5 Å². The zero-order chi connectivity index (χ0) is 13.5. The minimum absolute atomic E-state index is 0.0358. The molecule has 0 amide bonds. The Balaban J connectivity index is 2.64. The van der Waals surface area contributed by atoms with E-state index in [0.717, 1.165) is 5.01 Å². The van der Waals surface area contributed by atoms with Crippen LogP contribution >= 0.6 is 11.6 Å². The van der Waals surface area contributed by atoms with Crippen LogP contribution in [0, 0.1) is 5.92 Å². The third-order valence-corrected chi connectivity index (χ3v) is 4.18. The van der Waals surface area contributed by atoms with Gasteiger partial charge in [0.2, 0.25) is 0 Å². The quantitative estimate of drug-likeness (QED) is 0.783. The third kappa shape index (κ3) is 2.10. The second-order valence-electron chi connectivity index (χ2n) is 3.99. The first kappa shape index (κ1) is 13.3. The summed E-state index contributed by atoms with van der Waals surface area (Å²) in [6.07, 6.45) is 0. The molecule has 98 valence electrons. The molecule has 1 atom stereocenters. The molecule has 6 nitrogen and oxygen atoms in total. The molecule has 0 radical (unpaired) electrons. The van der Waals surface area contributed by atoms with Gasteiger partial charge in [-0.3, -0.25) is 5.01 Å². The zero-order valence-corrected chi connectivity index (χ0v) is 11.1. The summed E-state index contributed by atoms with van der Waals surface area (Å²) < 4.78 is 27.6. The maximum atomic E-state index is 12.0. The van der Waals surface area contributed by atoms with E-state index in [1.807, 2.05) is 0 Å². The number of rotatable bonds is 2. The minimum Gasteiger partial charge on any atom is -0.396 e. The number of nitrogens with two attached hydrogens (primary N) is 1. The number of fused-ring (bicyclic) bond motifs is 1. The summed E-state index contributed by atoms with van der Waals surface area (Å²) in [6.45, 7) is 1.39. The number of hydrazine groups is 1. The lowest BCUT2D eigenvalue weighted by molar-refractivity contribution is 0.269. The average Bonchev–Trinajstić information content (AvgIpc) is 2.33. The lowest BCUT2D eigenvalue weighted by Gasteiger charge is -2.29. The van der Waals surface area contributed by atoms with Crippen LogP contribution in [0.1, 0.15) is 6.92 Å². The number of anilines is 1. The number of nitrogens with zero attached hydrogens (tertiary/aromatic N) is 2. The van der Waals surface area contributed by atoms with Gasteiger partial charge in [-0.2, -0.15) is 8.42 Å². The standard InChI is InChI=1S/C10H12ClN3O3S/c1-6(5-15)10-13-18(16,17)9-4-7(11)2-3-8(9)14(10)12/h2-4,6,15H,5,12H2,1H3/t6-/m0/s1. The first-order chi connectivity index (χ1) is 8.36. The van der Waals surface area contributed by atoms with Gasteiger partial charge in [0.05, 0.1) is 12.3 Å². The number of hydrogen-bond acceptors (Lipinski definition) is 5. The molecule has 1 aliphatic rings. The van der Waals surface area contributed by atoms with Gasteiger partial charge in [0.25, 0.3) is 10.0 Å². The van der Waals surface area contributed by atoms with Crippen molar-refractivity contribution in [3.63, 3.8) is 0 Å². The van der Waals surface area contributed by atoms with Crippen molar-refractivity contribution in [1.82, 2.24) is 0 Å². The number of halogens is 1. The molecule has 8 heteroatoms. The predicted octanol–water partition coefficient (Wildman–Crippen LogP) is 0.749. The third-order valence-electron chi connectivity index (χ3n) is 2.63. The Morgan fingerprint density at radius 2 is 2.22 bits per heavy atom. The Morgan fingerprint density at radius 3 is 2.83 bits per heavy atom. The maximum Gasteiger partial charge on any atom is 0.286 e. The SMILES string of the molecule is C[C@@H](CO)C1=NS(=O)(=O)c2cc(Cl)ccc2N1N. The van der Waals surface area contributed by atoms with Crippen LogP contribution in [-0.4, -0.2) is 26.0 Å². The van der Waals surface area contributed by atoms with Gasteiger partial charge in [0.1, 0.15) is 10.7 Å². The molecular weight excluding hydrogens is 278 g/mol. The molecule has 18 heavy (non-hydrogen) atoms. The van der Waals surface area contributed by atoms with Gasteiger partial charge in [0, 0.05) is 10.9 Å². The summed E-state index contributed by atoms with van der Waals surface area (Å²) in [6, 6.07) is 4.35. The van der Waals surface area contributed by atoms with Crippen molar-refractivity contribution in [3.05, 3.63) is 23.2 Å². The summed E-state index contributed by atoms with van der Waals surface area (Å²) in [5, 5.41) is 10.5. The molecule has 1 heterocycles. The number of amidine groups is 1. The molecule has 0 fully saturated rings. The van der Waals surface area contributed by atoms with E-state index in [-0.39, 0.29) is 17.3 Å². The van der Waals surface area contributed by atoms with E-state index in [1.165, 1.54) is 12.1 Å². The van der Waals surface area contributed by atoms with Crippen molar-refractivity contribution in [2.24, 2.45) is 16.2 Å². The van der Waals surface area contributed by atoms with Crippen molar-refractivity contribution >= 4 is 33.1 Å². The lowest BCUT2D eigenvalue weighted by Crippen LogP contribution is -2.45. The van der Waals surface area contributed by atoms with E-state index < -0.39 is 15.9 Å². The number of sulfonamides is 1. The van der Waals surface area contributed by atoms with E-state index in [9.17, 15) is 8.42 Å². The largest absolute Gasteiger partial charge is 0.396 e. The molecule has 0 saturated carbocycles. The second-order valence-corrected chi connectivity index (χ2v) is 6.00. The van der Waals surface area contributed by atoms with Gasteiger partial charge < -0.3 is 5.11 Å². The van der Waals surface area contributed by atoms with Crippen LogP contribution in [0.2, 0.25) is 5.02 Å². The molecule has 0 aliphatic carbocycles. The maximum absolute atomic E-state index is 12.0. The van der Waals surface area contributed by atoms with E-state index in [1.54, 1.807) is 13.0 Å². The zero-order valence-electron chi connectivity index (χ0n) is 9.54. The van der Waals surface area contributed by atoms with Crippen LogP contribution in [0.3, 0.4) is 0 Å². The normalized spacial score (nSPS) is 19.1. The van der Waals surface area contributed by atoms with Crippen molar-refractivity contribution in [3.8, 4) is 0 Å². The Bertz CT molecular complexity index is 615. The highest BCUT2D eigenvalue weighted by Crippen LogP contribution is 2.33. The predicted molar refractivity (Wildman–Crippen MR) is 69.0 cm³/mol. The number of benzene rings is 1. The molecule has 1 aliphatic heterocycles. The molecule has 0 aromatic heterocycles. The van der Waals surface area contributed by atoms with Crippen molar-refractivity contribution in [1.29, 1.82) is 0 Å². The molecule has 0 saturated heterocycles. The fourth-order valence-corrected chi connectivity index (χ4v) is 3.20. The summed E-state index contributed by atoms with van der Waals surface area (Å²) in [5.41, 5.74) is 0.296. The van der Waals surface area contributed by atoms with Gasteiger partial charge in [-0.05, 0) is 18.2 Å². The number of aliphatic hydroxyl groups is 1. The van der Waals surface area contributed by atoms with Crippen LogP contribution in [-0.2, 0) is 10.0 Å². The van der Waals surface area contributed by atoms with E-state index >= 15 is 0 Å². The smallest absolute Gasteiger partial charge is 0.286 e. The molecule has 0 bridgehead atoms. The van der Waals surface area contributed by atoms with Crippen molar-refractivity contribution < 1.29 is 13.5 Å².